The van der Waals surface area contributed by atoms with Crippen molar-refractivity contribution < 1.29 is 9.84 Å². The summed E-state index contributed by atoms with van der Waals surface area (Å²) in [4.78, 5) is 0. The van der Waals surface area contributed by atoms with Crippen LogP contribution < -0.4 is 10.5 Å². The van der Waals surface area contributed by atoms with E-state index in [1.807, 2.05) is 36.4 Å². The van der Waals surface area contributed by atoms with Gasteiger partial charge in [-0.25, -0.2) is 0 Å². The minimum absolute atomic E-state index is 0.185. The fourth-order valence-corrected chi connectivity index (χ4v) is 1.98. The fraction of sp³-hybridized carbons (Fsp3) is 0.250. The van der Waals surface area contributed by atoms with E-state index < -0.39 is 6.10 Å². The summed E-state index contributed by atoms with van der Waals surface area (Å²) in [5, 5.41) is 9.85. The Morgan fingerprint density at radius 2 is 1.95 bits per heavy atom. The molecule has 0 saturated heterocycles. The molecule has 1 unspecified atom stereocenters. The van der Waals surface area contributed by atoms with Gasteiger partial charge in [-0.15, -0.1) is 0 Å². The number of hydrogen-bond donors (Lipinski definition) is 2. The number of aryl methyl sites for hydroxylation is 1. The molecule has 0 heterocycles. The molecule has 3 N–H and O–H groups in total. The van der Waals surface area contributed by atoms with Crippen LogP contribution in [0.15, 0.2) is 48.5 Å². The molecule has 0 bridgehead atoms. The molecular weight excluding hydrogens is 238 g/mol. The molecule has 2 aromatic rings. The molecule has 1 atom stereocenters. The third kappa shape index (κ3) is 3.56. The molecule has 0 aromatic heterocycles. The number of para-hydroxylation sites is 1. The maximum atomic E-state index is 9.85. The standard InChI is InChI=1S/C16H19NO2/c1-12-5-4-6-13(9-12)11-19-16-8-3-2-7-14(16)15(18)10-17/h2-9,15,18H,10-11,17H2,1H3. The van der Waals surface area contributed by atoms with Gasteiger partial charge < -0.3 is 15.6 Å². The van der Waals surface area contributed by atoms with E-state index in [9.17, 15) is 5.11 Å². The lowest BCUT2D eigenvalue weighted by molar-refractivity contribution is 0.178. The largest absolute Gasteiger partial charge is 0.489 e. The van der Waals surface area contributed by atoms with Crippen molar-refractivity contribution in [2.24, 2.45) is 5.73 Å². The average molecular weight is 257 g/mol. The first-order valence-electron chi connectivity index (χ1n) is 6.36. The fourth-order valence-electron chi connectivity index (χ4n) is 1.98. The van der Waals surface area contributed by atoms with Crippen LogP contribution >= 0.6 is 0 Å². The third-order valence-electron chi connectivity index (χ3n) is 2.98. The van der Waals surface area contributed by atoms with E-state index in [2.05, 4.69) is 19.1 Å². The van der Waals surface area contributed by atoms with Gasteiger partial charge in [0.25, 0.3) is 0 Å². The molecule has 2 aromatic carbocycles. The predicted octanol–water partition coefficient (Wildman–Crippen LogP) is 2.57. The molecule has 0 aliphatic heterocycles. The highest BCUT2D eigenvalue weighted by atomic mass is 16.5. The van der Waals surface area contributed by atoms with E-state index in [1.54, 1.807) is 0 Å². The van der Waals surface area contributed by atoms with Crippen molar-refractivity contribution in [3.8, 4) is 5.75 Å². The van der Waals surface area contributed by atoms with Gasteiger partial charge in [-0.1, -0.05) is 48.0 Å². The van der Waals surface area contributed by atoms with Crippen LogP contribution in [-0.4, -0.2) is 11.7 Å². The van der Waals surface area contributed by atoms with Crippen LogP contribution in [0.5, 0.6) is 5.75 Å². The summed E-state index contributed by atoms with van der Waals surface area (Å²) < 4.78 is 5.79. The van der Waals surface area contributed by atoms with Crippen molar-refractivity contribution in [2.75, 3.05) is 6.54 Å². The molecule has 0 fully saturated rings. The first kappa shape index (κ1) is 13.6. The van der Waals surface area contributed by atoms with E-state index in [0.29, 0.717) is 12.4 Å². The zero-order chi connectivity index (χ0) is 13.7. The van der Waals surface area contributed by atoms with Crippen LogP contribution in [-0.2, 0) is 6.61 Å². The number of aliphatic hydroxyl groups excluding tert-OH is 1. The second-order valence-corrected chi connectivity index (χ2v) is 4.57. The summed E-state index contributed by atoms with van der Waals surface area (Å²) in [5.74, 6) is 0.682. The second-order valence-electron chi connectivity index (χ2n) is 4.57. The van der Waals surface area contributed by atoms with Crippen LogP contribution in [0.2, 0.25) is 0 Å². The van der Waals surface area contributed by atoms with Crippen molar-refractivity contribution in [1.29, 1.82) is 0 Å². The molecule has 0 amide bonds. The highest BCUT2D eigenvalue weighted by molar-refractivity contribution is 5.35. The number of rotatable bonds is 5. The van der Waals surface area contributed by atoms with Gasteiger partial charge in [0.05, 0.1) is 6.10 Å². The SMILES string of the molecule is Cc1cccc(COc2ccccc2C(O)CN)c1. The molecule has 0 spiro atoms. The molecule has 3 heteroatoms. The summed E-state index contributed by atoms with van der Waals surface area (Å²) in [6, 6.07) is 15.6. The van der Waals surface area contributed by atoms with Crippen LogP contribution in [0.25, 0.3) is 0 Å². The topological polar surface area (TPSA) is 55.5 Å². The number of ether oxygens (including phenoxy) is 1. The van der Waals surface area contributed by atoms with Crippen LogP contribution in [0.1, 0.15) is 22.8 Å². The normalized spacial score (nSPS) is 12.2. The number of aliphatic hydroxyl groups is 1. The molecule has 2 rings (SSSR count). The second kappa shape index (κ2) is 6.36. The van der Waals surface area contributed by atoms with Crippen molar-refractivity contribution in [3.05, 3.63) is 65.2 Å². The van der Waals surface area contributed by atoms with Gasteiger partial charge in [-0.05, 0) is 18.6 Å². The maximum absolute atomic E-state index is 9.85. The maximum Gasteiger partial charge on any atom is 0.125 e. The van der Waals surface area contributed by atoms with Gasteiger partial charge in [0, 0.05) is 12.1 Å². The van der Waals surface area contributed by atoms with E-state index in [1.165, 1.54) is 5.56 Å². The number of hydrogen-bond acceptors (Lipinski definition) is 3. The zero-order valence-corrected chi connectivity index (χ0v) is 11.0. The van der Waals surface area contributed by atoms with Crippen LogP contribution in [0, 0.1) is 6.92 Å². The Hall–Kier alpha value is -1.84. The van der Waals surface area contributed by atoms with Crippen LogP contribution in [0.4, 0.5) is 0 Å². The van der Waals surface area contributed by atoms with Crippen molar-refractivity contribution in [2.45, 2.75) is 19.6 Å². The molecule has 0 saturated carbocycles. The van der Waals surface area contributed by atoms with E-state index >= 15 is 0 Å². The van der Waals surface area contributed by atoms with Gasteiger partial charge in [0.2, 0.25) is 0 Å². The lowest BCUT2D eigenvalue weighted by atomic mass is 10.1. The monoisotopic (exact) mass is 257 g/mol. The van der Waals surface area contributed by atoms with Gasteiger partial charge in [-0.3, -0.25) is 0 Å². The number of nitrogens with two attached hydrogens (primary N) is 1. The Balaban J connectivity index is 2.11. The van der Waals surface area contributed by atoms with Gasteiger partial charge >= 0.3 is 0 Å². The summed E-state index contributed by atoms with van der Waals surface area (Å²) in [6.45, 7) is 2.72. The lowest BCUT2D eigenvalue weighted by Gasteiger charge is -2.15. The predicted molar refractivity (Wildman–Crippen MR) is 76.0 cm³/mol. The minimum Gasteiger partial charge on any atom is -0.489 e. The molecule has 100 valence electrons. The minimum atomic E-state index is -0.686. The highest BCUT2D eigenvalue weighted by Gasteiger charge is 2.11. The molecule has 0 aliphatic carbocycles. The smallest absolute Gasteiger partial charge is 0.125 e. The Labute approximate surface area is 113 Å². The first-order chi connectivity index (χ1) is 9.20. The Morgan fingerprint density at radius 3 is 2.68 bits per heavy atom. The average Bonchev–Trinajstić information content (AvgIpc) is 2.45. The van der Waals surface area contributed by atoms with E-state index in [4.69, 9.17) is 10.5 Å². The summed E-state index contributed by atoms with van der Waals surface area (Å²) >= 11 is 0. The lowest BCUT2D eigenvalue weighted by Crippen LogP contribution is -2.12. The van der Waals surface area contributed by atoms with Crippen molar-refractivity contribution >= 4 is 0 Å². The summed E-state index contributed by atoms with van der Waals surface area (Å²) in [5.41, 5.74) is 8.54. The van der Waals surface area contributed by atoms with Crippen LogP contribution in [0.3, 0.4) is 0 Å². The number of benzene rings is 2. The zero-order valence-electron chi connectivity index (χ0n) is 11.0. The van der Waals surface area contributed by atoms with Gasteiger partial charge in [-0.2, -0.15) is 0 Å². The molecule has 3 nitrogen and oxygen atoms in total. The van der Waals surface area contributed by atoms with Crippen molar-refractivity contribution in [1.82, 2.24) is 0 Å². The summed E-state index contributed by atoms with van der Waals surface area (Å²) in [7, 11) is 0. The highest BCUT2D eigenvalue weighted by Crippen LogP contribution is 2.25. The summed E-state index contributed by atoms with van der Waals surface area (Å²) in [6.07, 6.45) is -0.686. The Morgan fingerprint density at radius 1 is 1.16 bits per heavy atom. The third-order valence-corrected chi connectivity index (χ3v) is 2.98. The van der Waals surface area contributed by atoms with Gasteiger partial charge in [0.1, 0.15) is 12.4 Å². The molecule has 19 heavy (non-hydrogen) atoms. The van der Waals surface area contributed by atoms with E-state index in [0.717, 1.165) is 11.1 Å². The van der Waals surface area contributed by atoms with Gasteiger partial charge in [0.15, 0.2) is 0 Å². The molecule has 0 radical (unpaired) electrons. The first-order valence-corrected chi connectivity index (χ1v) is 6.36. The van der Waals surface area contributed by atoms with Crippen molar-refractivity contribution in [3.63, 3.8) is 0 Å². The Kier molecular flexibility index (Phi) is 4.55. The molecular formula is C16H19NO2. The Bertz CT molecular complexity index is 540. The quantitative estimate of drug-likeness (QED) is 0.865. The molecule has 0 aliphatic rings. The van der Waals surface area contributed by atoms with E-state index in [-0.39, 0.29) is 6.54 Å².